The van der Waals surface area contributed by atoms with E-state index in [1.165, 1.54) is 13.8 Å². The number of hydrogen-bond donors (Lipinski definition) is 14. The van der Waals surface area contributed by atoms with Gasteiger partial charge in [-0.2, -0.15) is 12.6 Å². The molecule has 334 valence electrons. The van der Waals surface area contributed by atoms with Crippen molar-refractivity contribution in [2.24, 2.45) is 34.0 Å². The number of amides is 6. The summed E-state index contributed by atoms with van der Waals surface area (Å²) in [5, 5.41) is 45.9. The zero-order valence-corrected chi connectivity index (χ0v) is 35.5. The molecular weight excluding hydrogens is 803 g/mol. The maximum Gasteiger partial charge on any atom is 0.327 e. The number of aromatic amines is 1. The number of H-pyrrole nitrogens is 1. The van der Waals surface area contributed by atoms with E-state index in [2.05, 4.69) is 54.5 Å². The van der Waals surface area contributed by atoms with Crippen LogP contribution in [0.4, 0.5) is 0 Å². The van der Waals surface area contributed by atoms with Gasteiger partial charge < -0.3 is 69.4 Å². The van der Waals surface area contributed by atoms with Crippen LogP contribution in [0.5, 0.6) is 0 Å². The second kappa shape index (κ2) is 24.0. The minimum atomic E-state index is -1.70. The third kappa shape index (κ3) is 15.3. The maximum absolute atomic E-state index is 14.2. The molecule has 0 spiro atoms. The molecular formula is C38H61N11O10S. The minimum absolute atomic E-state index is 0.0465. The molecule has 2 rings (SSSR count). The number of fused-ring (bicyclic) bond motifs is 1. The number of aliphatic hydroxyl groups is 2. The van der Waals surface area contributed by atoms with E-state index in [1.54, 1.807) is 52.1 Å². The lowest BCUT2D eigenvalue weighted by Crippen LogP contribution is -2.63. The number of nitrogens with two attached hydrogens (primary N) is 3. The number of nitrogens with one attached hydrogen (secondary N) is 7. The van der Waals surface area contributed by atoms with Crippen molar-refractivity contribution in [3.8, 4) is 0 Å². The van der Waals surface area contributed by atoms with Gasteiger partial charge in [0, 0.05) is 35.8 Å². The van der Waals surface area contributed by atoms with Gasteiger partial charge in [0.2, 0.25) is 35.4 Å². The van der Waals surface area contributed by atoms with Crippen LogP contribution >= 0.6 is 12.6 Å². The number of hydrogen-bond acceptors (Lipinski definition) is 12. The molecule has 0 unspecified atom stereocenters. The van der Waals surface area contributed by atoms with E-state index in [0.717, 1.165) is 10.9 Å². The standard InChI is InChI=1S/C38H61N11O10S/c1-17(2)27(39)33(54)44-24(12-9-13-42-38(40)41)31(52)45-25(14-21-15-43-23-11-8-7-10-22(21)23)32(53)48-30(20(6)51)36(57)47-28(18(3)4)34(55)49-29(19(5)50)35(56)46-26(16-60)37(58)59/h7-8,10-11,15,17-20,24-30,43,50-51,60H,9,12-14,16,39H2,1-6H3,(H,44,54)(H,45,52)(H,46,56)(H,47,57)(H,48,53)(H,49,55)(H,58,59)(H4,40,41,42)/t19-,20-,24+,25+,26+,27+,28+,29+,30+/m1/s1. The molecule has 0 bridgehead atoms. The van der Waals surface area contributed by atoms with Crippen LogP contribution in [-0.4, -0.2) is 134 Å². The van der Waals surface area contributed by atoms with E-state index < -0.39 is 102 Å². The number of aliphatic carboxylic acids is 1. The Hall–Kier alpha value is -5.45. The number of carbonyl (C=O) groups excluding carboxylic acids is 6. The summed E-state index contributed by atoms with van der Waals surface area (Å²) in [5.41, 5.74) is 18.3. The van der Waals surface area contributed by atoms with E-state index in [9.17, 15) is 48.9 Å². The molecule has 0 saturated heterocycles. The van der Waals surface area contributed by atoms with E-state index in [-0.39, 0.29) is 43.4 Å². The molecule has 1 aromatic heterocycles. The lowest BCUT2D eigenvalue weighted by Gasteiger charge is -2.30. The molecule has 1 aromatic carbocycles. The van der Waals surface area contributed by atoms with Crippen molar-refractivity contribution in [3.05, 3.63) is 36.0 Å². The lowest BCUT2D eigenvalue weighted by atomic mass is 10.00. The fraction of sp³-hybridized carbons (Fsp3) is 0.579. The summed E-state index contributed by atoms with van der Waals surface area (Å²) in [6.07, 6.45) is -1.23. The van der Waals surface area contributed by atoms with Crippen LogP contribution in [0.25, 0.3) is 10.9 Å². The number of benzene rings is 1. The number of aliphatic hydroxyl groups excluding tert-OH is 2. The normalized spacial score (nSPS) is 15.9. The molecule has 0 radical (unpaired) electrons. The number of aromatic nitrogens is 1. The summed E-state index contributed by atoms with van der Waals surface area (Å²) in [4.78, 5) is 99.8. The zero-order chi connectivity index (χ0) is 45.4. The number of nitrogens with zero attached hydrogens (tertiary/aromatic N) is 1. The molecule has 1 heterocycles. The summed E-state index contributed by atoms with van der Waals surface area (Å²) < 4.78 is 0. The first-order valence-electron chi connectivity index (χ1n) is 19.5. The number of aliphatic imine (C=N–C) groups is 1. The maximum atomic E-state index is 14.2. The number of carboxylic acids is 1. The summed E-state index contributed by atoms with van der Waals surface area (Å²) in [6, 6.07) is -2.51. The molecule has 0 aliphatic carbocycles. The first kappa shape index (κ1) is 50.7. The number of rotatable bonds is 24. The van der Waals surface area contributed by atoms with E-state index in [1.807, 2.05) is 6.07 Å². The Balaban J connectivity index is 2.43. The molecule has 0 fully saturated rings. The Labute approximate surface area is 353 Å². The van der Waals surface area contributed by atoms with Crippen LogP contribution in [-0.2, 0) is 40.0 Å². The van der Waals surface area contributed by atoms with Crippen molar-refractivity contribution in [2.45, 2.75) is 115 Å². The fourth-order valence-corrected chi connectivity index (χ4v) is 6.12. The van der Waals surface area contributed by atoms with Gasteiger partial charge in [0.1, 0.15) is 36.3 Å². The Bertz CT molecular complexity index is 1830. The van der Waals surface area contributed by atoms with Crippen LogP contribution in [0, 0.1) is 11.8 Å². The summed E-state index contributed by atoms with van der Waals surface area (Å²) in [7, 11) is 0. The Morgan fingerprint density at radius 1 is 0.700 bits per heavy atom. The van der Waals surface area contributed by atoms with Crippen molar-refractivity contribution in [1.82, 2.24) is 36.9 Å². The Morgan fingerprint density at radius 3 is 1.73 bits per heavy atom. The molecule has 9 atom stereocenters. The van der Waals surface area contributed by atoms with Gasteiger partial charge in [0.15, 0.2) is 5.96 Å². The highest BCUT2D eigenvalue weighted by molar-refractivity contribution is 7.80. The summed E-state index contributed by atoms with van der Waals surface area (Å²) >= 11 is 3.90. The number of para-hydroxylation sites is 1. The van der Waals surface area contributed by atoms with Gasteiger partial charge in [-0.1, -0.05) is 45.9 Å². The highest BCUT2D eigenvalue weighted by atomic mass is 32.1. The average Bonchev–Trinajstić information content (AvgIpc) is 3.58. The molecule has 2 aromatic rings. The van der Waals surface area contributed by atoms with Gasteiger partial charge in [0.25, 0.3) is 0 Å². The van der Waals surface area contributed by atoms with Gasteiger partial charge in [-0.25, -0.2) is 4.79 Å². The molecule has 21 nitrogen and oxygen atoms in total. The van der Waals surface area contributed by atoms with Gasteiger partial charge in [-0.05, 0) is 50.2 Å². The van der Waals surface area contributed by atoms with E-state index >= 15 is 0 Å². The summed E-state index contributed by atoms with van der Waals surface area (Å²) in [5.74, 6) is -8.03. The average molecular weight is 864 g/mol. The Morgan fingerprint density at radius 2 is 1.20 bits per heavy atom. The second-order valence-corrected chi connectivity index (χ2v) is 15.5. The SMILES string of the molecule is CC(C)[C@H](N)C(=O)N[C@@H](CCCN=C(N)N)C(=O)N[C@@H](Cc1c[nH]c2ccccc12)C(=O)N[C@H](C(=O)N[C@H](C(=O)N[C@H](C(=O)N[C@@H](CS)C(=O)O)[C@@H](C)O)C(C)C)[C@@H](C)O. The van der Waals surface area contributed by atoms with Crippen molar-refractivity contribution in [3.63, 3.8) is 0 Å². The van der Waals surface area contributed by atoms with Gasteiger partial charge in [0.05, 0.1) is 18.2 Å². The van der Waals surface area contributed by atoms with E-state index in [0.29, 0.717) is 5.56 Å². The van der Waals surface area contributed by atoms with Crippen LogP contribution < -0.4 is 49.1 Å². The van der Waals surface area contributed by atoms with Gasteiger partial charge in [-0.15, -0.1) is 0 Å². The first-order valence-corrected chi connectivity index (χ1v) is 20.1. The molecule has 22 heteroatoms. The predicted molar refractivity (Wildman–Crippen MR) is 226 cm³/mol. The molecule has 0 aliphatic rings. The minimum Gasteiger partial charge on any atom is -0.480 e. The molecule has 16 N–H and O–H groups in total. The van der Waals surface area contributed by atoms with Crippen molar-refractivity contribution in [1.29, 1.82) is 0 Å². The predicted octanol–water partition coefficient (Wildman–Crippen LogP) is -2.91. The van der Waals surface area contributed by atoms with Crippen LogP contribution in [0.1, 0.15) is 59.9 Å². The van der Waals surface area contributed by atoms with Crippen molar-refractivity contribution < 1.29 is 48.9 Å². The highest BCUT2D eigenvalue weighted by Gasteiger charge is 2.37. The molecule has 60 heavy (non-hydrogen) atoms. The van der Waals surface area contributed by atoms with Crippen molar-refractivity contribution in [2.75, 3.05) is 12.3 Å². The number of guanidine groups is 1. The quantitative estimate of drug-likeness (QED) is 0.0218. The van der Waals surface area contributed by atoms with E-state index in [4.69, 9.17) is 17.2 Å². The largest absolute Gasteiger partial charge is 0.480 e. The zero-order valence-electron chi connectivity index (χ0n) is 34.6. The lowest BCUT2D eigenvalue weighted by molar-refractivity contribution is -0.142. The monoisotopic (exact) mass is 863 g/mol. The third-order valence-electron chi connectivity index (χ3n) is 9.50. The van der Waals surface area contributed by atoms with Crippen molar-refractivity contribution >= 4 is 70.9 Å². The smallest absolute Gasteiger partial charge is 0.327 e. The van der Waals surface area contributed by atoms with Gasteiger partial charge >= 0.3 is 5.97 Å². The fourth-order valence-electron chi connectivity index (χ4n) is 5.88. The third-order valence-corrected chi connectivity index (χ3v) is 9.87. The highest BCUT2D eigenvalue weighted by Crippen LogP contribution is 2.20. The van der Waals surface area contributed by atoms with Gasteiger partial charge in [-0.3, -0.25) is 33.8 Å². The number of thiol groups is 1. The summed E-state index contributed by atoms with van der Waals surface area (Å²) in [6.45, 7) is 9.14. The van der Waals surface area contributed by atoms with Crippen LogP contribution in [0.2, 0.25) is 0 Å². The van der Waals surface area contributed by atoms with Crippen LogP contribution in [0.15, 0.2) is 35.5 Å². The van der Waals surface area contributed by atoms with Crippen LogP contribution in [0.3, 0.4) is 0 Å². The second-order valence-electron chi connectivity index (χ2n) is 15.2. The Kier molecular flexibility index (Phi) is 20.2. The topological polar surface area (TPSA) is 359 Å². The first-order chi connectivity index (χ1) is 28.1. The molecule has 0 saturated carbocycles. The molecule has 0 aliphatic heterocycles. The number of carbonyl (C=O) groups is 7. The number of carboxylic acid groups (broad SMARTS) is 1. The molecule has 6 amide bonds.